The summed E-state index contributed by atoms with van der Waals surface area (Å²) in [6.45, 7) is 4.85. The van der Waals surface area contributed by atoms with Crippen molar-refractivity contribution < 1.29 is 14.3 Å². The SMILES string of the molecule is CCN(CC1CCOC1)C(=O)C1=NN(C)C(=O)CC1. The normalized spacial score (nSPS) is 23.5. The van der Waals surface area contributed by atoms with Crippen molar-refractivity contribution in [3.05, 3.63) is 0 Å². The van der Waals surface area contributed by atoms with Crippen LogP contribution in [0.5, 0.6) is 0 Å². The van der Waals surface area contributed by atoms with Gasteiger partial charge in [-0.1, -0.05) is 0 Å². The maximum atomic E-state index is 12.4. The topological polar surface area (TPSA) is 62.2 Å². The van der Waals surface area contributed by atoms with E-state index in [1.807, 2.05) is 11.8 Å². The van der Waals surface area contributed by atoms with Gasteiger partial charge in [-0.05, 0) is 13.3 Å². The Kier molecular flexibility index (Phi) is 4.52. The Morgan fingerprint density at radius 2 is 2.32 bits per heavy atom. The summed E-state index contributed by atoms with van der Waals surface area (Å²) in [4.78, 5) is 25.6. The van der Waals surface area contributed by atoms with Gasteiger partial charge in [0.15, 0.2) is 0 Å². The zero-order chi connectivity index (χ0) is 13.8. The zero-order valence-electron chi connectivity index (χ0n) is 11.6. The zero-order valence-corrected chi connectivity index (χ0v) is 11.6. The third kappa shape index (κ3) is 3.32. The minimum absolute atomic E-state index is 0.0382. The molecule has 19 heavy (non-hydrogen) atoms. The van der Waals surface area contributed by atoms with Gasteiger partial charge in [0, 0.05) is 45.5 Å². The van der Waals surface area contributed by atoms with Gasteiger partial charge in [0.05, 0.1) is 6.61 Å². The van der Waals surface area contributed by atoms with Gasteiger partial charge in [-0.2, -0.15) is 5.10 Å². The van der Waals surface area contributed by atoms with Crippen molar-refractivity contribution in [3.8, 4) is 0 Å². The van der Waals surface area contributed by atoms with E-state index >= 15 is 0 Å². The van der Waals surface area contributed by atoms with Crippen LogP contribution in [0.3, 0.4) is 0 Å². The number of rotatable bonds is 4. The van der Waals surface area contributed by atoms with Crippen molar-refractivity contribution in [2.75, 3.05) is 33.4 Å². The van der Waals surface area contributed by atoms with Crippen LogP contribution in [-0.2, 0) is 14.3 Å². The number of hydrazone groups is 1. The second kappa shape index (κ2) is 6.14. The third-order valence-corrected chi connectivity index (χ3v) is 3.63. The molecular formula is C13H21N3O3. The van der Waals surface area contributed by atoms with Gasteiger partial charge in [0.25, 0.3) is 5.91 Å². The molecule has 0 aromatic carbocycles. The van der Waals surface area contributed by atoms with Gasteiger partial charge in [-0.3, -0.25) is 9.59 Å². The van der Waals surface area contributed by atoms with Crippen molar-refractivity contribution in [2.45, 2.75) is 26.2 Å². The smallest absolute Gasteiger partial charge is 0.270 e. The van der Waals surface area contributed by atoms with Crippen LogP contribution in [0.2, 0.25) is 0 Å². The molecule has 0 spiro atoms. The number of carbonyl (C=O) groups excluding carboxylic acids is 2. The molecular weight excluding hydrogens is 246 g/mol. The summed E-state index contributed by atoms with van der Waals surface area (Å²) >= 11 is 0. The van der Waals surface area contributed by atoms with Gasteiger partial charge < -0.3 is 9.64 Å². The maximum Gasteiger partial charge on any atom is 0.270 e. The Balaban J connectivity index is 1.99. The Morgan fingerprint density at radius 3 is 2.89 bits per heavy atom. The van der Waals surface area contributed by atoms with E-state index < -0.39 is 0 Å². The average Bonchev–Trinajstić information content (AvgIpc) is 2.91. The van der Waals surface area contributed by atoms with Crippen LogP contribution >= 0.6 is 0 Å². The van der Waals surface area contributed by atoms with E-state index in [2.05, 4.69) is 5.10 Å². The number of nitrogens with zero attached hydrogens (tertiary/aromatic N) is 3. The highest BCUT2D eigenvalue weighted by Gasteiger charge is 2.27. The quantitative estimate of drug-likeness (QED) is 0.744. The molecule has 6 heteroatoms. The van der Waals surface area contributed by atoms with Crippen LogP contribution in [0.15, 0.2) is 5.10 Å². The van der Waals surface area contributed by atoms with Crippen molar-refractivity contribution in [3.63, 3.8) is 0 Å². The number of ether oxygens (including phenoxy) is 1. The molecule has 1 atom stereocenters. The van der Waals surface area contributed by atoms with Crippen molar-refractivity contribution in [2.24, 2.45) is 11.0 Å². The lowest BCUT2D eigenvalue weighted by molar-refractivity contribution is -0.130. The standard InChI is InChI=1S/C13H21N3O3/c1-3-16(8-10-6-7-19-9-10)13(18)11-4-5-12(17)15(2)14-11/h10H,3-9H2,1-2H3. The summed E-state index contributed by atoms with van der Waals surface area (Å²) in [6, 6.07) is 0. The minimum Gasteiger partial charge on any atom is -0.381 e. The summed E-state index contributed by atoms with van der Waals surface area (Å²) in [5.41, 5.74) is 0.489. The average molecular weight is 267 g/mol. The van der Waals surface area contributed by atoms with Crippen LogP contribution < -0.4 is 0 Å². The Bertz CT molecular complexity index is 389. The molecule has 0 bridgehead atoms. The molecule has 2 heterocycles. The molecule has 0 saturated carbocycles. The molecule has 0 aromatic heterocycles. The lowest BCUT2D eigenvalue weighted by atomic mass is 10.1. The summed E-state index contributed by atoms with van der Waals surface area (Å²) in [5.74, 6) is 0.338. The monoisotopic (exact) mass is 267 g/mol. The van der Waals surface area contributed by atoms with E-state index in [-0.39, 0.29) is 11.8 Å². The number of carbonyl (C=O) groups is 2. The molecule has 1 saturated heterocycles. The first-order valence-corrected chi connectivity index (χ1v) is 6.83. The molecule has 106 valence electrons. The van der Waals surface area contributed by atoms with Crippen LogP contribution in [-0.4, -0.2) is 60.8 Å². The van der Waals surface area contributed by atoms with Gasteiger partial charge in [0.2, 0.25) is 5.91 Å². The Hall–Kier alpha value is -1.43. The van der Waals surface area contributed by atoms with Crippen LogP contribution in [0.1, 0.15) is 26.2 Å². The van der Waals surface area contributed by atoms with Gasteiger partial charge in [-0.25, -0.2) is 5.01 Å². The fourth-order valence-electron chi connectivity index (χ4n) is 2.40. The van der Waals surface area contributed by atoms with Crippen LogP contribution in [0.25, 0.3) is 0 Å². The maximum absolute atomic E-state index is 12.4. The molecule has 1 fully saturated rings. The molecule has 2 amide bonds. The molecule has 1 unspecified atom stereocenters. The predicted octanol–water partition coefficient (Wildman–Crippen LogP) is 0.480. The first-order chi connectivity index (χ1) is 9.11. The second-order valence-electron chi connectivity index (χ2n) is 5.04. The largest absolute Gasteiger partial charge is 0.381 e. The number of amides is 2. The fraction of sp³-hybridized carbons (Fsp3) is 0.769. The van der Waals surface area contributed by atoms with E-state index in [4.69, 9.17) is 4.74 Å². The molecule has 6 nitrogen and oxygen atoms in total. The fourth-order valence-corrected chi connectivity index (χ4v) is 2.40. The molecule has 2 aliphatic heterocycles. The summed E-state index contributed by atoms with van der Waals surface area (Å²) in [5, 5.41) is 5.35. The van der Waals surface area contributed by atoms with E-state index in [0.29, 0.717) is 37.6 Å². The lowest BCUT2D eigenvalue weighted by Gasteiger charge is -2.26. The van der Waals surface area contributed by atoms with Crippen LogP contribution in [0, 0.1) is 5.92 Å². The Morgan fingerprint density at radius 1 is 1.53 bits per heavy atom. The van der Waals surface area contributed by atoms with Crippen LogP contribution in [0.4, 0.5) is 0 Å². The first-order valence-electron chi connectivity index (χ1n) is 6.83. The van der Waals surface area contributed by atoms with E-state index in [9.17, 15) is 9.59 Å². The highest BCUT2D eigenvalue weighted by Crippen LogP contribution is 2.15. The van der Waals surface area contributed by atoms with Crippen molar-refractivity contribution in [1.29, 1.82) is 0 Å². The predicted molar refractivity (Wildman–Crippen MR) is 70.6 cm³/mol. The molecule has 0 aliphatic carbocycles. The molecule has 0 N–H and O–H groups in total. The molecule has 2 rings (SSSR count). The Labute approximate surface area is 113 Å². The number of hydrogen-bond acceptors (Lipinski definition) is 4. The minimum atomic E-state index is -0.0475. The van der Waals surface area contributed by atoms with Gasteiger partial charge in [-0.15, -0.1) is 0 Å². The van der Waals surface area contributed by atoms with E-state index in [1.165, 1.54) is 5.01 Å². The van der Waals surface area contributed by atoms with E-state index in [1.54, 1.807) is 7.05 Å². The van der Waals surface area contributed by atoms with Crippen molar-refractivity contribution in [1.82, 2.24) is 9.91 Å². The third-order valence-electron chi connectivity index (χ3n) is 3.63. The van der Waals surface area contributed by atoms with Gasteiger partial charge in [0.1, 0.15) is 5.71 Å². The lowest BCUT2D eigenvalue weighted by Crippen LogP contribution is -2.42. The first kappa shape index (κ1) is 14.0. The molecule has 0 aromatic rings. The van der Waals surface area contributed by atoms with Gasteiger partial charge >= 0.3 is 0 Å². The second-order valence-corrected chi connectivity index (χ2v) is 5.04. The summed E-state index contributed by atoms with van der Waals surface area (Å²) in [7, 11) is 1.59. The highest BCUT2D eigenvalue weighted by atomic mass is 16.5. The summed E-state index contributed by atoms with van der Waals surface area (Å²) < 4.78 is 5.34. The molecule has 0 radical (unpaired) electrons. The number of hydrogen-bond donors (Lipinski definition) is 0. The van der Waals surface area contributed by atoms with E-state index in [0.717, 1.165) is 19.6 Å². The molecule has 2 aliphatic rings. The van der Waals surface area contributed by atoms with Crippen molar-refractivity contribution >= 4 is 17.5 Å². The highest BCUT2D eigenvalue weighted by molar-refractivity contribution is 6.39. The summed E-state index contributed by atoms with van der Waals surface area (Å²) in [6.07, 6.45) is 1.82.